The van der Waals surface area contributed by atoms with E-state index >= 15 is 0 Å². The smallest absolute Gasteiger partial charge is 0.339 e. The molecule has 0 unspecified atom stereocenters. The lowest BCUT2D eigenvalue weighted by molar-refractivity contribution is -0.122. The Kier molecular flexibility index (Phi) is 5.47. The second-order valence-corrected chi connectivity index (χ2v) is 6.60. The standard InChI is InChI=1S/C18H18N2O3S/c1-10-5-11(2)16(12(3)6-10)18(22)23-8-15(21)14(7-19)17-20-13(4)9-24-17/h5-6,9,14H,8H2,1-4H3/t14-/m1/s1. The topological polar surface area (TPSA) is 80.0 Å². The molecule has 24 heavy (non-hydrogen) atoms. The quantitative estimate of drug-likeness (QED) is 0.778. The number of thiazole rings is 1. The van der Waals surface area contributed by atoms with Crippen molar-refractivity contribution < 1.29 is 14.3 Å². The molecule has 0 fully saturated rings. The van der Waals surface area contributed by atoms with Crippen LogP contribution in [0.2, 0.25) is 0 Å². The van der Waals surface area contributed by atoms with Gasteiger partial charge in [0.25, 0.3) is 0 Å². The summed E-state index contributed by atoms with van der Waals surface area (Å²) in [5.74, 6) is -2.02. The third-order valence-corrected chi connectivity index (χ3v) is 4.59. The van der Waals surface area contributed by atoms with Gasteiger partial charge in [-0.2, -0.15) is 5.26 Å². The highest BCUT2D eigenvalue weighted by molar-refractivity contribution is 7.09. The Morgan fingerprint density at radius 2 is 1.88 bits per heavy atom. The van der Waals surface area contributed by atoms with Crippen LogP contribution in [0.15, 0.2) is 17.5 Å². The fraction of sp³-hybridized carbons (Fsp3) is 0.333. The number of hydrogen-bond acceptors (Lipinski definition) is 6. The van der Waals surface area contributed by atoms with Gasteiger partial charge in [0, 0.05) is 11.1 Å². The Balaban J connectivity index is 2.09. The summed E-state index contributed by atoms with van der Waals surface area (Å²) in [4.78, 5) is 28.7. The molecule has 0 saturated carbocycles. The fourth-order valence-electron chi connectivity index (χ4n) is 2.56. The molecule has 0 N–H and O–H groups in total. The van der Waals surface area contributed by atoms with Crippen LogP contribution < -0.4 is 0 Å². The molecule has 0 saturated heterocycles. The Labute approximate surface area is 144 Å². The summed E-state index contributed by atoms with van der Waals surface area (Å²) in [5, 5.41) is 11.4. The predicted octanol–water partition coefficient (Wildman–Crippen LogP) is 3.41. The van der Waals surface area contributed by atoms with Crippen molar-refractivity contribution in [1.82, 2.24) is 4.98 Å². The number of hydrogen-bond donors (Lipinski definition) is 0. The van der Waals surface area contributed by atoms with Gasteiger partial charge in [0.05, 0.1) is 11.6 Å². The number of carbonyl (C=O) groups is 2. The minimum atomic E-state index is -1.00. The first-order valence-corrected chi connectivity index (χ1v) is 8.30. The molecule has 2 rings (SSSR count). The number of nitrogens with zero attached hydrogens (tertiary/aromatic N) is 2. The van der Waals surface area contributed by atoms with Gasteiger partial charge in [-0.3, -0.25) is 4.79 Å². The molecular weight excluding hydrogens is 324 g/mol. The zero-order valence-electron chi connectivity index (χ0n) is 14.0. The van der Waals surface area contributed by atoms with Gasteiger partial charge in [-0.15, -0.1) is 11.3 Å². The van der Waals surface area contributed by atoms with Gasteiger partial charge in [-0.05, 0) is 38.8 Å². The molecule has 0 amide bonds. The summed E-state index contributed by atoms with van der Waals surface area (Å²) >= 11 is 1.25. The van der Waals surface area contributed by atoms with Gasteiger partial charge in [-0.25, -0.2) is 9.78 Å². The predicted molar refractivity (Wildman–Crippen MR) is 91.1 cm³/mol. The fourth-order valence-corrected chi connectivity index (χ4v) is 3.42. The normalized spacial score (nSPS) is 11.6. The number of ketones is 1. The molecule has 1 atom stereocenters. The minimum absolute atomic E-state index is 0.429. The summed E-state index contributed by atoms with van der Waals surface area (Å²) < 4.78 is 5.14. The van der Waals surface area contributed by atoms with Crippen LogP contribution in [0.4, 0.5) is 0 Å². The largest absolute Gasteiger partial charge is 0.454 e. The van der Waals surface area contributed by atoms with Crippen molar-refractivity contribution in [1.29, 1.82) is 5.26 Å². The molecule has 0 aliphatic heterocycles. The zero-order chi connectivity index (χ0) is 17.9. The second kappa shape index (κ2) is 7.37. The molecule has 1 aromatic carbocycles. The maximum Gasteiger partial charge on any atom is 0.339 e. The maximum atomic E-state index is 12.3. The molecule has 124 valence electrons. The second-order valence-electron chi connectivity index (χ2n) is 5.71. The van der Waals surface area contributed by atoms with Crippen LogP contribution in [-0.4, -0.2) is 23.3 Å². The monoisotopic (exact) mass is 342 g/mol. The summed E-state index contributed by atoms with van der Waals surface area (Å²) in [6.45, 7) is 6.96. The molecule has 6 heteroatoms. The number of aryl methyl sites for hydroxylation is 4. The Morgan fingerprint density at radius 3 is 2.38 bits per heavy atom. The van der Waals surface area contributed by atoms with E-state index in [2.05, 4.69) is 4.98 Å². The van der Waals surface area contributed by atoms with E-state index in [4.69, 9.17) is 4.74 Å². The average molecular weight is 342 g/mol. The van der Waals surface area contributed by atoms with Crippen LogP contribution in [0.25, 0.3) is 0 Å². The van der Waals surface area contributed by atoms with E-state index in [0.717, 1.165) is 22.4 Å². The first-order valence-electron chi connectivity index (χ1n) is 7.42. The van der Waals surface area contributed by atoms with Gasteiger partial charge in [0.2, 0.25) is 0 Å². The van der Waals surface area contributed by atoms with Gasteiger partial charge in [0.15, 0.2) is 18.3 Å². The molecule has 1 heterocycles. The van der Waals surface area contributed by atoms with Crippen molar-refractivity contribution in [2.45, 2.75) is 33.6 Å². The van der Waals surface area contributed by atoms with E-state index in [-0.39, 0.29) is 0 Å². The van der Waals surface area contributed by atoms with Gasteiger partial charge in [0.1, 0.15) is 5.01 Å². The first kappa shape index (κ1) is 17.8. The van der Waals surface area contributed by atoms with Crippen LogP contribution in [0.1, 0.15) is 43.7 Å². The highest BCUT2D eigenvalue weighted by Gasteiger charge is 2.25. The molecule has 0 bridgehead atoms. The molecule has 1 aromatic heterocycles. The van der Waals surface area contributed by atoms with Crippen molar-refractivity contribution in [3.8, 4) is 6.07 Å². The summed E-state index contributed by atoms with van der Waals surface area (Å²) in [7, 11) is 0. The van der Waals surface area contributed by atoms with Crippen LogP contribution >= 0.6 is 11.3 Å². The lowest BCUT2D eigenvalue weighted by Gasteiger charge is -2.11. The van der Waals surface area contributed by atoms with Gasteiger partial charge < -0.3 is 4.74 Å². The zero-order valence-corrected chi connectivity index (χ0v) is 14.9. The van der Waals surface area contributed by atoms with E-state index < -0.39 is 24.3 Å². The highest BCUT2D eigenvalue weighted by atomic mass is 32.1. The van der Waals surface area contributed by atoms with E-state index in [0.29, 0.717) is 10.6 Å². The average Bonchev–Trinajstić information content (AvgIpc) is 2.91. The SMILES string of the molecule is Cc1cc(C)c(C(=O)OCC(=O)[C@@H](C#N)c2nc(C)cs2)c(C)c1. The molecular formula is C18H18N2O3S. The Morgan fingerprint density at radius 1 is 1.25 bits per heavy atom. The molecule has 0 radical (unpaired) electrons. The lowest BCUT2D eigenvalue weighted by atomic mass is 10.00. The van der Waals surface area contributed by atoms with Crippen molar-refractivity contribution in [2.75, 3.05) is 6.61 Å². The van der Waals surface area contributed by atoms with Crippen molar-refractivity contribution >= 4 is 23.1 Å². The number of rotatable bonds is 5. The van der Waals surface area contributed by atoms with E-state index in [1.54, 1.807) is 12.3 Å². The van der Waals surface area contributed by atoms with Crippen LogP contribution in [0.5, 0.6) is 0 Å². The number of ether oxygens (including phenoxy) is 1. The van der Waals surface area contributed by atoms with E-state index in [9.17, 15) is 14.9 Å². The van der Waals surface area contributed by atoms with E-state index in [1.807, 2.05) is 39.0 Å². The number of Topliss-reactive ketones (excluding diaryl/α,β-unsaturated/α-hetero) is 1. The minimum Gasteiger partial charge on any atom is -0.454 e. The van der Waals surface area contributed by atoms with Crippen molar-refractivity contribution in [3.05, 3.63) is 50.5 Å². The summed E-state index contributed by atoms with van der Waals surface area (Å²) in [6, 6.07) is 5.71. The number of esters is 1. The lowest BCUT2D eigenvalue weighted by Crippen LogP contribution is -2.20. The summed E-state index contributed by atoms with van der Waals surface area (Å²) in [6.07, 6.45) is 0. The van der Waals surface area contributed by atoms with Crippen molar-refractivity contribution in [3.63, 3.8) is 0 Å². The highest BCUT2D eigenvalue weighted by Crippen LogP contribution is 2.22. The van der Waals surface area contributed by atoms with Crippen LogP contribution in [0, 0.1) is 39.0 Å². The molecule has 5 nitrogen and oxygen atoms in total. The van der Waals surface area contributed by atoms with Crippen LogP contribution in [-0.2, 0) is 9.53 Å². The number of carbonyl (C=O) groups excluding carboxylic acids is 2. The number of aromatic nitrogens is 1. The van der Waals surface area contributed by atoms with Crippen molar-refractivity contribution in [2.24, 2.45) is 0 Å². The van der Waals surface area contributed by atoms with Gasteiger partial charge in [-0.1, -0.05) is 17.7 Å². The Bertz CT molecular complexity index is 810. The van der Waals surface area contributed by atoms with E-state index in [1.165, 1.54) is 11.3 Å². The third kappa shape index (κ3) is 3.87. The Hall–Kier alpha value is -2.52. The molecule has 0 spiro atoms. The van der Waals surface area contributed by atoms with Crippen LogP contribution in [0.3, 0.4) is 0 Å². The number of benzene rings is 1. The molecule has 0 aliphatic carbocycles. The molecule has 2 aromatic rings. The molecule has 0 aliphatic rings. The first-order chi connectivity index (χ1) is 11.3. The summed E-state index contributed by atoms with van der Waals surface area (Å²) in [5.41, 5.74) is 3.88. The third-order valence-electron chi connectivity index (χ3n) is 3.56. The number of nitriles is 1. The van der Waals surface area contributed by atoms with Gasteiger partial charge >= 0.3 is 5.97 Å². The maximum absolute atomic E-state index is 12.3.